The lowest BCUT2D eigenvalue weighted by molar-refractivity contribution is -0.123. The Kier molecular flexibility index (Phi) is 4.59. The molecule has 2 aromatic carbocycles. The molecule has 7 nitrogen and oxygen atoms in total. The van der Waals surface area contributed by atoms with Crippen LogP contribution < -0.4 is 10.1 Å². The first kappa shape index (κ1) is 16.3. The topological polar surface area (TPSA) is 81.9 Å². The van der Waals surface area contributed by atoms with Gasteiger partial charge in [-0.1, -0.05) is 24.3 Å². The van der Waals surface area contributed by atoms with E-state index in [9.17, 15) is 4.79 Å². The Hall–Kier alpha value is -3.22. The van der Waals surface area contributed by atoms with Crippen molar-refractivity contribution in [1.82, 2.24) is 25.5 Å². The van der Waals surface area contributed by atoms with E-state index in [1.807, 2.05) is 24.3 Å². The SMILES string of the molecule is O=C(COc1ccc(-n2cnnn2)cc1)N[C@@H]1CCCc2ccccc21. The summed E-state index contributed by atoms with van der Waals surface area (Å²) in [5.74, 6) is 0.511. The fraction of sp³-hybridized carbons (Fsp3) is 0.263. The van der Waals surface area contributed by atoms with Gasteiger partial charge in [-0.05, 0) is 65.1 Å². The molecular formula is C19H19N5O2. The predicted octanol–water partition coefficient (Wildman–Crippen LogP) is 2.23. The molecule has 0 radical (unpaired) electrons. The number of hydrogen-bond acceptors (Lipinski definition) is 5. The van der Waals surface area contributed by atoms with Gasteiger partial charge in [0, 0.05) is 0 Å². The summed E-state index contributed by atoms with van der Waals surface area (Å²) in [7, 11) is 0. The number of aryl methyl sites for hydroxylation is 1. The number of aromatic nitrogens is 4. The van der Waals surface area contributed by atoms with Crippen molar-refractivity contribution in [3.05, 3.63) is 66.0 Å². The molecule has 0 bridgehead atoms. The number of hydrogen-bond donors (Lipinski definition) is 1. The Morgan fingerprint density at radius 3 is 2.85 bits per heavy atom. The molecule has 1 aromatic heterocycles. The van der Waals surface area contributed by atoms with E-state index >= 15 is 0 Å². The molecule has 0 spiro atoms. The van der Waals surface area contributed by atoms with E-state index in [1.165, 1.54) is 17.5 Å². The van der Waals surface area contributed by atoms with Gasteiger partial charge in [0.1, 0.15) is 12.1 Å². The van der Waals surface area contributed by atoms with Gasteiger partial charge in [0.25, 0.3) is 5.91 Å². The first-order valence-electron chi connectivity index (χ1n) is 8.63. The number of ether oxygens (including phenoxy) is 1. The van der Waals surface area contributed by atoms with Crippen LogP contribution >= 0.6 is 0 Å². The number of fused-ring (bicyclic) bond motifs is 1. The van der Waals surface area contributed by atoms with Crippen LogP contribution in [0.2, 0.25) is 0 Å². The lowest BCUT2D eigenvalue weighted by Gasteiger charge is -2.26. The first-order chi connectivity index (χ1) is 12.8. The molecule has 0 unspecified atom stereocenters. The van der Waals surface area contributed by atoms with Gasteiger partial charge in [0.15, 0.2) is 6.61 Å². The summed E-state index contributed by atoms with van der Waals surface area (Å²) in [6.07, 6.45) is 4.64. The summed E-state index contributed by atoms with van der Waals surface area (Å²) in [5, 5.41) is 14.1. The Morgan fingerprint density at radius 2 is 2.04 bits per heavy atom. The molecule has 1 amide bonds. The predicted molar refractivity (Wildman–Crippen MR) is 94.9 cm³/mol. The third kappa shape index (κ3) is 3.56. The smallest absolute Gasteiger partial charge is 0.258 e. The van der Waals surface area contributed by atoms with Gasteiger partial charge in [-0.25, -0.2) is 4.68 Å². The van der Waals surface area contributed by atoms with Crippen LogP contribution in [0.5, 0.6) is 5.75 Å². The molecule has 0 saturated heterocycles. The maximum atomic E-state index is 12.3. The summed E-state index contributed by atoms with van der Waals surface area (Å²) < 4.78 is 7.15. The zero-order valence-electron chi connectivity index (χ0n) is 14.2. The van der Waals surface area contributed by atoms with E-state index in [0.29, 0.717) is 5.75 Å². The highest BCUT2D eigenvalue weighted by Gasteiger charge is 2.21. The molecule has 1 N–H and O–H groups in total. The van der Waals surface area contributed by atoms with Crippen molar-refractivity contribution in [1.29, 1.82) is 0 Å². The van der Waals surface area contributed by atoms with Crippen LogP contribution in [0.15, 0.2) is 54.9 Å². The largest absolute Gasteiger partial charge is 0.484 e. The highest BCUT2D eigenvalue weighted by Crippen LogP contribution is 2.29. The summed E-state index contributed by atoms with van der Waals surface area (Å²) in [4.78, 5) is 12.3. The highest BCUT2D eigenvalue weighted by atomic mass is 16.5. The van der Waals surface area contributed by atoms with Gasteiger partial charge in [0.05, 0.1) is 11.7 Å². The molecule has 132 valence electrons. The van der Waals surface area contributed by atoms with Gasteiger partial charge in [-0.15, -0.1) is 5.10 Å². The molecular weight excluding hydrogens is 330 g/mol. The van der Waals surface area contributed by atoms with E-state index in [1.54, 1.807) is 16.8 Å². The van der Waals surface area contributed by atoms with Crippen LogP contribution in [0, 0.1) is 0 Å². The number of amides is 1. The van der Waals surface area contributed by atoms with Crippen molar-refractivity contribution < 1.29 is 9.53 Å². The van der Waals surface area contributed by atoms with Crippen LogP contribution in [0.4, 0.5) is 0 Å². The maximum absolute atomic E-state index is 12.3. The van der Waals surface area contributed by atoms with Crippen molar-refractivity contribution in [3.63, 3.8) is 0 Å². The minimum Gasteiger partial charge on any atom is -0.484 e. The van der Waals surface area contributed by atoms with Crippen LogP contribution in [0.1, 0.15) is 30.0 Å². The summed E-state index contributed by atoms with van der Waals surface area (Å²) in [6, 6.07) is 15.6. The molecule has 4 rings (SSSR count). The average molecular weight is 349 g/mol. The Morgan fingerprint density at radius 1 is 1.19 bits per heavy atom. The third-order valence-electron chi connectivity index (χ3n) is 4.52. The fourth-order valence-corrected chi connectivity index (χ4v) is 3.26. The Labute approximate surface area is 151 Å². The summed E-state index contributed by atoms with van der Waals surface area (Å²) >= 11 is 0. The number of nitrogens with zero attached hydrogens (tertiary/aromatic N) is 4. The van der Waals surface area contributed by atoms with Gasteiger partial charge in [-0.3, -0.25) is 4.79 Å². The van der Waals surface area contributed by atoms with Crippen LogP contribution in [0.3, 0.4) is 0 Å². The molecule has 7 heteroatoms. The number of benzene rings is 2. The summed E-state index contributed by atoms with van der Waals surface area (Å²) in [6.45, 7) is -0.0110. The van der Waals surface area contributed by atoms with Crippen LogP contribution in [-0.2, 0) is 11.2 Å². The first-order valence-corrected chi connectivity index (χ1v) is 8.63. The van der Waals surface area contributed by atoms with Crippen molar-refractivity contribution >= 4 is 5.91 Å². The van der Waals surface area contributed by atoms with E-state index in [2.05, 4.69) is 33.0 Å². The van der Waals surface area contributed by atoms with Crippen LogP contribution in [-0.4, -0.2) is 32.7 Å². The van der Waals surface area contributed by atoms with Gasteiger partial charge < -0.3 is 10.1 Å². The Bertz CT molecular complexity index is 877. The zero-order chi connectivity index (χ0) is 17.8. The van der Waals surface area contributed by atoms with E-state index in [0.717, 1.165) is 24.9 Å². The standard InChI is InChI=1S/C19H19N5O2/c25-19(21-18-7-3-5-14-4-1-2-6-17(14)18)12-26-16-10-8-15(9-11-16)24-13-20-22-23-24/h1-2,4,6,8-11,13,18H,3,5,7,12H2,(H,21,25)/t18-/m1/s1. The molecule has 1 aliphatic rings. The van der Waals surface area contributed by atoms with Crippen molar-refractivity contribution in [3.8, 4) is 11.4 Å². The molecule has 1 aliphatic carbocycles. The lowest BCUT2D eigenvalue weighted by Crippen LogP contribution is -2.34. The quantitative estimate of drug-likeness (QED) is 0.764. The second kappa shape index (κ2) is 7.35. The van der Waals surface area contributed by atoms with E-state index in [4.69, 9.17) is 4.74 Å². The molecule has 0 aliphatic heterocycles. The average Bonchev–Trinajstić information content (AvgIpc) is 3.22. The molecule has 3 aromatic rings. The van der Waals surface area contributed by atoms with Gasteiger partial charge in [-0.2, -0.15) is 0 Å². The van der Waals surface area contributed by atoms with Crippen LogP contribution in [0.25, 0.3) is 5.69 Å². The second-order valence-corrected chi connectivity index (χ2v) is 6.25. The van der Waals surface area contributed by atoms with Gasteiger partial charge in [0.2, 0.25) is 0 Å². The van der Waals surface area contributed by atoms with E-state index in [-0.39, 0.29) is 18.6 Å². The normalized spacial score (nSPS) is 15.9. The van der Waals surface area contributed by atoms with Crippen molar-refractivity contribution in [2.45, 2.75) is 25.3 Å². The molecule has 26 heavy (non-hydrogen) atoms. The fourth-order valence-electron chi connectivity index (χ4n) is 3.26. The zero-order valence-corrected chi connectivity index (χ0v) is 14.2. The monoisotopic (exact) mass is 349 g/mol. The highest BCUT2D eigenvalue weighted by molar-refractivity contribution is 5.78. The number of tetrazole rings is 1. The molecule has 0 fully saturated rings. The van der Waals surface area contributed by atoms with E-state index < -0.39 is 0 Å². The summed E-state index contributed by atoms with van der Waals surface area (Å²) in [5.41, 5.74) is 3.37. The molecule has 1 heterocycles. The lowest BCUT2D eigenvalue weighted by atomic mass is 9.88. The minimum absolute atomic E-state index is 0.0110. The second-order valence-electron chi connectivity index (χ2n) is 6.25. The number of rotatable bonds is 5. The van der Waals surface area contributed by atoms with Gasteiger partial charge >= 0.3 is 0 Å². The number of nitrogens with one attached hydrogen (secondary N) is 1. The van der Waals surface area contributed by atoms with Crippen molar-refractivity contribution in [2.75, 3.05) is 6.61 Å². The minimum atomic E-state index is -0.115. The number of carbonyl (C=O) groups excluding carboxylic acids is 1. The third-order valence-corrected chi connectivity index (χ3v) is 4.52. The molecule has 0 saturated carbocycles. The van der Waals surface area contributed by atoms with Crippen molar-refractivity contribution in [2.24, 2.45) is 0 Å². The number of carbonyl (C=O) groups is 1. The molecule has 1 atom stereocenters. The maximum Gasteiger partial charge on any atom is 0.258 e. The Balaban J connectivity index is 1.33.